The molecule has 1 heterocycles. The molecule has 3 aromatic carbocycles. The minimum atomic E-state index is -3.76. The Labute approximate surface area is 185 Å². The summed E-state index contributed by atoms with van der Waals surface area (Å²) in [4.78, 5) is 13.4. The van der Waals surface area contributed by atoms with E-state index in [-0.39, 0.29) is 10.7 Å². The summed E-state index contributed by atoms with van der Waals surface area (Å²) in [6, 6.07) is 18.9. The van der Waals surface area contributed by atoms with Crippen LogP contribution in [0.3, 0.4) is 0 Å². The standard InChI is InChI=1S/C24H21NO4S2/c1-15-4-8-17(9-5-15)23(26)22-20-14-18(10-13-21(20)29-24(22)30-3)25-31(27,28)19-11-6-16(2)7-12-19/h4-14,25H,1-3H3. The molecule has 0 unspecified atom stereocenters. The van der Waals surface area contributed by atoms with Crippen molar-refractivity contribution in [1.29, 1.82) is 0 Å². The van der Waals surface area contributed by atoms with Crippen LogP contribution in [0.1, 0.15) is 27.0 Å². The molecule has 0 aliphatic heterocycles. The average molecular weight is 452 g/mol. The molecule has 0 aliphatic rings. The lowest BCUT2D eigenvalue weighted by atomic mass is 10.0. The van der Waals surface area contributed by atoms with E-state index in [9.17, 15) is 13.2 Å². The lowest BCUT2D eigenvalue weighted by molar-refractivity contribution is 0.103. The van der Waals surface area contributed by atoms with Crippen molar-refractivity contribution in [3.63, 3.8) is 0 Å². The zero-order chi connectivity index (χ0) is 22.2. The van der Waals surface area contributed by atoms with Crippen molar-refractivity contribution in [3.8, 4) is 0 Å². The Hall–Kier alpha value is -3.03. The monoisotopic (exact) mass is 451 g/mol. The van der Waals surface area contributed by atoms with Crippen molar-refractivity contribution in [2.45, 2.75) is 23.8 Å². The molecule has 1 aromatic heterocycles. The first-order valence-corrected chi connectivity index (χ1v) is 12.3. The first-order chi connectivity index (χ1) is 14.8. The largest absolute Gasteiger partial charge is 0.449 e. The fraction of sp³-hybridized carbons (Fsp3) is 0.125. The number of anilines is 1. The minimum absolute atomic E-state index is 0.165. The summed E-state index contributed by atoms with van der Waals surface area (Å²) < 4.78 is 34.0. The predicted octanol–water partition coefficient (Wildman–Crippen LogP) is 5.80. The number of carbonyl (C=O) groups excluding carboxylic acids is 1. The minimum Gasteiger partial charge on any atom is -0.449 e. The van der Waals surface area contributed by atoms with E-state index >= 15 is 0 Å². The molecule has 0 fully saturated rings. The summed E-state index contributed by atoms with van der Waals surface area (Å²) in [7, 11) is -3.76. The number of hydrogen-bond donors (Lipinski definition) is 1. The molecule has 7 heteroatoms. The van der Waals surface area contributed by atoms with Crippen molar-refractivity contribution in [2.24, 2.45) is 0 Å². The average Bonchev–Trinajstić information content (AvgIpc) is 3.11. The van der Waals surface area contributed by atoms with Gasteiger partial charge in [0.15, 0.2) is 10.9 Å². The molecular weight excluding hydrogens is 430 g/mol. The summed E-state index contributed by atoms with van der Waals surface area (Å²) in [6.07, 6.45) is 1.84. The van der Waals surface area contributed by atoms with E-state index in [1.165, 1.54) is 11.8 Å². The number of rotatable bonds is 6. The van der Waals surface area contributed by atoms with Gasteiger partial charge in [0.1, 0.15) is 5.58 Å². The molecule has 0 atom stereocenters. The number of sulfonamides is 1. The van der Waals surface area contributed by atoms with Gasteiger partial charge in [-0.05, 0) is 50.4 Å². The molecule has 5 nitrogen and oxygen atoms in total. The topological polar surface area (TPSA) is 76.4 Å². The van der Waals surface area contributed by atoms with Crippen LogP contribution in [0.4, 0.5) is 5.69 Å². The van der Waals surface area contributed by atoms with Gasteiger partial charge in [-0.15, -0.1) is 0 Å². The highest BCUT2D eigenvalue weighted by Crippen LogP contribution is 2.35. The Morgan fingerprint density at radius 2 is 1.52 bits per heavy atom. The SMILES string of the molecule is CSc1oc2ccc(NS(=O)(=O)c3ccc(C)cc3)cc2c1C(=O)c1ccc(C)cc1. The normalized spacial score (nSPS) is 11.6. The maximum absolute atomic E-state index is 13.3. The molecule has 158 valence electrons. The summed E-state index contributed by atoms with van der Waals surface area (Å²) >= 11 is 1.34. The number of hydrogen-bond acceptors (Lipinski definition) is 5. The molecule has 0 saturated carbocycles. The maximum Gasteiger partial charge on any atom is 0.261 e. The van der Waals surface area contributed by atoms with E-state index in [2.05, 4.69) is 4.72 Å². The summed E-state index contributed by atoms with van der Waals surface area (Å²) in [5, 5.41) is 1.07. The molecule has 31 heavy (non-hydrogen) atoms. The molecule has 1 N–H and O–H groups in total. The molecule has 0 amide bonds. The Morgan fingerprint density at radius 3 is 2.13 bits per heavy atom. The lowest BCUT2D eigenvalue weighted by Gasteiger charge is -2.09. The zero-order valence-electron chi connectivity index (χ0n) is 17.3. The number of carbonyl (C=O) groups is 1. The lowest BCUT2D eigenvalue weighted by Crippen LogP contribution is -2.12. The van der Waals surface area contributed by atoms with Crippen LogP contribution in [-0.2, 0) is 10.0 Å². The second-order valence-corrected chi connectivity index (χ2v) is 9.75. The van der Waals surface area contributed by atoms with Crippen LogP contribution in [0, 0.1) is 13.8 Å². The van der Waals surface area contributed by atoms with E-state index < -0.39 is 10.0 Å². The van der Waals surface area contributed by atoms with Crippen LogP contribution in [-0.4, -0.2) is 20.5 Å². The van der Waals surface area contributed by atoms with Gasteiger partial charge in [-0.1, -0.05) is 59.3 Å². The summed E-state index contributed by atoms with van der Waals surface area (Å²) in [6.45, 7) is 3.85. The maximum atomic E-state index is 13.3. The van der Waals surface area contributed by atoms with Crippen LogP contribution < -0.4 is 4.72 Å². The van der Waals surface area contributed by atoms with Crippen LogP contribution >= 0.6 is 11.8 Å². The van der Waals surface area contributed by atoms with Crippen LogP contribution in [0.15, 0.2) is 81.1 Å². The zero-order valence-corrected chi connectivity index (χ0v) is 18.9. The van der Waals surface area contributed by atoms with Gasteiger partial charge >= 0.3 is 0 Å². The second-order valence-electron chi connectivity index (χ2n) is 7.29. The van der Waals surface area contributed by atoms with Gasteiger partial charge in [0.05, 0.1) is 10.5 Å². The number of ketones is 1. The molecule has 0 bridgehead atoms. The fourth-order valence-electron chi connectivity index (χ4n) is 3.28. The van der Waals surface area contributed by atoms with Gasteiger partial charge in [0.25, 0.3) is 10.0 Å². The first-order valence-electron chi connectivity index (χ1n) is 9.60. The number of furan rings is 1. The van der Waals surface area contributed by atoms with Gasteiger partial charge in [-0.2, -0.15) is 0 Å². The number of aryl methyl sites for hydroxylation is 2. The smallest absolute Gasteiger partial charge is 0.261 e. The molecule has 0 spiro atoms. The molecule has 0 saturated heterocycles. The number of nitrogens with one attached hydrogen (secondary N) is 1. The predicted molar refractivity (Wildman–Crippen MR) is 125 cm³/mol. The van der Waals surface area contributed by atoms with Crippen molar-refractivity contribution >= 4 is 44.2 Å². The Balaban J connectivity index is 1.76. The number of benzene rings is 3. The van der Waals surface area contributed by atoms with Crippen LogP contribution in [0.2, 0.25) is 0 Å². The van der Waals surface area contributed by atoms with Gasteiger partial charge in [-0.3, -0.25) is 9.52 Å². The van der Waals surface area contributed by atoms with Gasteiger partial charge in [0, 0.05) is 16.6 Å². The highest BCUT2D eigenvalue weighted by atomic mass is 32.2. The van der Waals surface area contributed by atoms with Crippen LogP contribution in [0.25, 0.3) is 11.0 Å². The molecule has 4 rings (SSSR count). The third kappa shape index (κ3) is 4.24. The van der Waals surface area contributed by atoms with E-state index in [0.717, 1.165) is 11.1 Å². The Kier molecular flexibility index (Phi) is 5.64. The van der Waals surface area contributed by atoms with E-state index in [4.69, 9.17) is 4.42 Å². The van der Waals surface area contributed by atoms with Gasteiger partial charge < -0.3 is 4.42 Å². The third-order valence-corrected chi connectivity index (χ3v) is 7.02. The van der Waals surface area contributed by atoms with E-state index in [1.54, 1.807) is 54.6 Å². The number of thioether (sulfide) groups is 1. The van der Waals surface area contributed by atoms with Gasteiger partial charge in [0.2, 0.25) is 0 Å². The molecule has 0 radical (unpaired) electrons. The highest BCUT2D eigenvalue weighted by Gasteiger charge is 2.23. The second kappa shape index (κ2) is 8.24. The molecule has 4 aromatic rings. The Bertz CT molecular complexity index is 1370. The number of fused-ring (bicyclic) bond motifs is 1. The van der Waals surface area contributed by atoms with E-state index in [0.29, 0.717) is 32.9 Å². The van der Waals surface area contributed by atoms with Crippen molar-refractivity contribution in [3.05, 3.63) is 89.0 Å². The molecular formula is C24H21NO4S2. The highest BCUT2D eigenvalue weighted by molar-refractivity contribution is 7.98. The molecule has 0 aliphatic carbocycles. The van der Waals surface area contributed by atoms with Crippen molar-refractivity contribution in [1.82, 2.24) is 0 Å². The van der Waals surface area contributed by atoms with Crippen molar-refractivity contribution < 1.29 is 17.6 Å². The Morgan fingerprint density at radius 1 is 0.903 bits per heavy atom. The first kappa shape index (κ1) is 21.2. The fourth-order valence-corrected chi connectivity index (χ4v) is 4.91. The van der Waals surface area contributed by atoms with Gasteiger partial charge in [-0.25, -0.2) is 8.42 Å². The quantitative estimate of drug-likeness (QED) is 0.296. The summed E-state index contributed by atoms with van der Waals surface area (Å²) in [5.41, 5.74) is 3.91. The third-order valence-electron chi connectivity index (χ3n) is 4.97. The van der Waals surface area contributed by atoms with Crippen LogP contribution in [0.5, 0.6) is 0 Å². The van der Waals surface area contributed by atoms with E-state index in [1.807, 2.05) is 32.2 Å². The summed E-state index contributed by atoms with van der Waals surface area (Å²) in [5.74, 6) is -0.165. The van der Waals surface area contributed by atoms with Crippen molar-refractivity contribution in [2.75, 3.05) is 11.0 Å².